The number of urea groups is 1. The van der Waals surface area contributed by atoms with Gasteiger partial charge in [-0.05, 0) is 75.7 Å². The Balaban J connectivity index is 1.16. The van der Waals surface area contributed by atoms with E-state index in [-0.39, 0.29) is 29.7 Å². The number of amides is 4. The Morgan fingerprint density at radius 1 is 0.750 bits per heavy atom. The van der Waals surface area contributed by atoms with Gasteiger partial charge in [-0.1, -0.05) is 103 Å². The van der Waals surface area contributed by atoms with Crippen LogP contribution >= 0.6 is 0 Å². The Morgan fingerprint density at radius 3 is 2.05 bits per heavy atom. The molecular formula is C46H36N4O6. The summed E-state index contributed by atoms with van der Waals surface area (Å²) in [6.45, 7) is 1.78. The number of imide groups is 2. The number of anilines is 2. The predicted octanol–water partition coefficient (Wildman–Crippen LogP) is 8.87. The van der Waals surface area contributed by atoms with E-state index in [1.165, 1.54) is 18.2 Å². The van der Waals surface area contributed by atoms with Gasteiger partial charge in [0.25, 0.3) is 17.5 Å². The number of hydrogen-bond acceptors (Lipinski definition) is 7. The average molecular weight is 741 g/mol. The molecule has 1 fully saturated rings. The van der Waals surface area contributed by atoms with Crippen LogP contribution < -0.4 is 19.9 Å². The SMILES string of the molecule is O=C1NC(=O)N(c2cc3c4c(c2)[C@@H](c2ccccc2)CCN4CC[C@@H]3c2ccccc2)C(=O)/C1=C/c1c(OCc2cccc([N+](=O)[O-])c2)ccc2ccccc12. The summed E-state index contributed by atoms with van der Waals surface area (Å²) in [7, 11) is 0. The fourth-order valence-corrected chi connectivity index (χ4v) is 8.48. The van der Waals surface area contributed by atoms with Crippen molar-refractivity contribution in [2.45, 2.75) is 31.3 Å². The number of non-ortho nitro benzene ring substituents is 1. The number of fused-ring (bicyclic) bond motifs is 1. The van der Waals surface area contributed by atoms with Crippen LogP contribution in [-0.2, 0) is 16.2 Å². The lowest BCUT2D eigenvalue weighted by molar-refractivity contribution is -0.384. The van der Waals surface area contributed by atoms with Crippen molar-refractivity contribution in [3.63, 3.8) is 0 Å². The number of ether oxygens (including phenoxy) is 1. The van der Waals surface area contributed by atoms with Gasteiger partial charge in [-0.25, -0.2) is 9.69 Å². The van der Waals surface area contributed by atoms with Gasteiger partial charge in [0.15, 0.2) is 0 Å². The molecule has 0 saturated carbocycles. The number of nitrogens with one attached hydrogen (secondary N) is 1. The van der Waals surface area contributed by atoms with Gasteiger partial charge in [-0.2, -0.15) is 0 Å². The molecule has 10 heteroatoms. The highest BCUT2D eigenvalue weighted by Crippen LogP contribution is 2.50. The predicted molar refractivity (Wildman–Crippen MR) is 215 cm³/mol. The molecule has 0 unspecified atom stereocenters. The van der Waals surface area contributed by atoms with Crippen LogP contribution in [0.5, 0.6) is 5.75 Å². The number of hydrogen-bond donors (Lipinski definition) is 1. The number of nitrogens with zero attached hydrogens (tertiary/aromatic N) is 3. The minimum Gasteiger partial charge on any atom is -0.488 e. The number of carbonyl (C=O) groups is 3. The lowest BCUT2D eigenvalue weighted by Crippen LogP contribution is -2.54. The van der Waals surface area contributed by atoms with E-state index in [9.17, 15) is 24.5 Å². The maximum absolute atomic E-state index is 14.7. The van der Waals surface area contributed by atoms with Gasteiger partial charge in [0.2, 0.25) is 0 Å². The smallest absolute Gasteiger partial charge is 0.335 e. The van der Waals surface area contributed by atoms with Crippen molar-refractivity contribution < 1.29 is 24.0 Å². The number of nitro groups is 1. The molecule has 4 amide bonds. The maximum atomic E-state index is 14.7. The van der Waals surface area contributed by atoms with Crippen LogP contribution in [-0.4, -0.2) is 35.9 Å². The Morgan fingerprint density at radius 2 is 1.39 bits per heavy atom. The van der Waals surface area contributed by atoms with E-state index in [1.54, 1.807) is 18.2 Å². The topological polar surface area (TPSA) is 122 Å². The van der Waals surface area contributed by atoms with E-state index in [0.717, 1.165) is 69.5 Å². The third kappa shape index (κ3) is 6.24. The molecule has 0 spiro atoms. The van der Waals surface area contributed by atoms with Crippen LogP contribution in [0.25, 0.3) is 16.8 Å². The number of barbiturate groups is 1. The molecule has 0 aromatic heterocycles. The van der Waals surface area contributed by atoms with E-state index in [4.69, 9.17) is 4.74 Å². The number of rotatable bonds is 8. The van der Waals surface area contributed by atoms with E-state index < -0.39 is 22.8 Å². The molecule has 0 bridgehead atoms. The summed E-state index contributed by atoms with van der Waals surface area (Å²) in [5, 5.41) is 15.4. The first kappa shape index (κ1) is 34.7. The number of carbonyl (C=O) groups excluding carboxylic acids is 3. The molecule has 10 nitrogen and oxygen atoms in total. The van der Waals surface area contributed by atoms with Crippen LogP contribution in [0.3, 0.4) is 0 Å². The molecule has 1 saturated heterocycles. The van der Waals surface area contributed by atoms with Crippen LogP contribution in [0.2, 0.25) is 0 Å². The highest BCUT2D eigenvalue weighted by molar-refractivity contribution is 6.39. The largest absolute Gasteiger partial charge is 0.488 e. The summed E-state index contributed by atoms with van der Waals surface area (Å²) in [4.78, 5) is 56.6. The Bertz CT molecular complexity index is 2520. The van der Waals surface area contributed by atoms with E-state index in [2.05, 4.69) is 34.5 Å². The van der Waals surface area contributed by atoms with Crippen LogP contribution in [0, 0.1) is 10.1 Å². The van der Waals surface area contributed by atoms with E-state index >= 15 is 0 Å². The summed E-state index contributed by atoms with van der Waals surface area (Å²) < 4.78 is 6.23. The van der Waals surface area contributed by atoms with Gasteiger partial charge in [0.05, 0.1) is 10.6 Å². The third-order valence-corrected chi connectivity index (χ3v) is 11.1. The van der Waals surface area contributed by atoms with E-state index in [1.807, 2.05) is 78.9 Å². The molecule has 2 atom stereocenters. The quantitative estimate of drug-likeness (QED) is 0.0716. The second-order valence-corrected chi connectivity index (χ2v) is 14.3. The fourth-order valence-electron chi connectivity index (χ4n) is 8.48. The molecule has 9 rings (SSSR count). The van der Waals surface area contributed by atoms with Gasteiger partial charge >= 0.3 is 6.03 Å². The molecule has 3 aliphatic heterocycles. The zero-order valence-electron chi connectivity index (χ0n) is 30.3. The lowest BCUT2D eigenvalue weighted by atomic mass is 9.76. The minimum atomic E-state index is -0.819. The van der Waals surface area contributed by atoms with Crippen LogP contribution in [0.4, 0.5) is 21.9 Å². The first-order valence-electron chi connectivity index (χ1n) is 18.7. The molecule has 56 heavy (non-hydrogen) atoms. The molecular weight excluding hydrogens is 705 g/mol. The summed E-state index contributed by atoms with van der Waals surface area (Å²) in [5.74, 6) is -1.13. The minimum absolute atomic E-state index is 0.00102. The molecule has 0 aliphatic carbocycles. The van der Waals surface area contributed by atoms with E-state index in [0.29, 0.717) is 22.6 Å². The molecule has 3 heterocycles. The summed E-state index contributed by atoms with van der Waals surface area (Å²) in [5.41, 5.74) is 6.70. The van der Waals surface area contributed by atoms with Crippen LogP contribution in [0.1, 0.15) is 58.1 Å². The first-order chi connectivity index (χ1) is 27.3. The van der Waals surface area contributed by atoms with Crippen molar-refractivity contribution in [2.75, 3.05) is 22.9 Å². The van der Waals surface area contributed by atoms with Gasteiger partial charge in [0, 0.05) is 48.3 Å². The monoisotopic (exact) mass is 740 g/mol. The molecule has 3 aliphatic rings. The third-order valence-electron chi connectivity index (χ3n) is 11.1. The highest BCUT2D eigenvalue weighted by Gasteiger charge is 2.41. The van der Waals surface area contributed by atoms with Gasteiger partial charge in [0.1, 0.15) is 17.9 Å². The first-order valence-corrected chi connectivity index (χ1v) is 18.7. The van der Waals surface area contributed by atoms with Crippen molar-refractivity contribution in [1.82, 2.24) is 5.32 Å². The number of nitro benzene ring substituents is 1. The fraction of sp³-hybridized carbons (Fsp3) is 0.152. The van der Waals surface area contributed by atoms with Crippen molar-refractivity contribution in [3.8, 4) is 5.75 Å². The zero-order valence-corrected chi connectivity index (χ0v) is 30.3. The highest BCUT2D eigenvalue weighted by atomic mass is 16.6. The molecule has 1 N–H and O–H groups in total. The van der Waals surface area contributed by atoms with Crippen molar-refractivity contribution in [2.24, 2.45) is 0 Å². The molecule has 0 radical (unpaired) electrons. The standard InChI is InChI=1S/C46H36N4O6/c51-44-41(27-38-35-17-8-7-15-32(35)18-19-42(38)56-28-29-10-9-16-33(24-29)50(54)55)45(52)49(46(53)47-44)34-25-39-36(30-11-3-1-4-12-30)20-22-48-23-21-37(40(26-34)43(39)48)31-13-5-2-6-14-31/h1-19,24-27,36-37H,20-23,28H2,(H,47,51,53)/b41-27+/t36-,37-/m1/s1. The van der Waals surface area contributed by atoms with Crippen LogP contribution in [0.15, 0.2) is 139 Å². The Labute approximate surface area is 322 Å². The number of benzene rings is 6. The normalized spacial score (nSPS) is 18.5. The van der Waals surface area contributed by atoms with Gasteiger partial charge in [-0.3, -0.25) is 25.0 Å². The zero-order chi connectivity index (χ0) is 38.3. The molecule has 6 aromatic rings. The summed E-state index contributed by atoms with van der Waals surface area (Å²) in [6, 6.07) is 41.0. The van der Waals surface area contributed by atoms with Gasteiger partial charge < -0.3 is 9.64 Å². The van der Waals surface area contributed by atoms with Crippen molar-refractivity contribution >= 4 is 51.8 Å². The maximum Gasteiger partial charge on any atom is 0.335 e. The molecule has 276 valence electrons. The second kappa shape index (κ2) is 14.3. The van der Waals surface area contributed by atoms with Crippen molar-refractivity contribution in [1.29, 1.82) is 0 Å². The van der Waals surface area contributed by atoms with Gasteiger partial charge in [-0.15, -0.1) is 0 Å². The Hall–Kier alpha value is -7.07. The average Bonchev–Trinajstić information content (AvgIpc) is 3.22. The lowest BCUT2D eigenvalue weighted by Gasteiger charge is -2.44. The summed E-state index contributed by atoms with van der Waals surface area (Å²) >= 11 is 0. The Kier molecular flexibility index (Phi) is 8.85. The second-order valence-electron chi connectivity index (χ2n) is 14.3. The molecule has 6 aromatic carbocycles. The van der Waals surface area contributed by atoms with Crippen molar-refractivity contribution in [3.05, 3.63) is 183 Å². The summed E-state index contributed by atoms with van der Waals surface area (Å²) in [6.07, 6.45) is 3.23.